The number of amides is 2. The van der Waals surface area contributed by atoms with Crippen LogP contribution in [0.25, 0.3) is 0 Å². The van der Waals surface area contributed by atoms with Crippen molar-refractivity contribution in [3.8, 4) is 0 Å². The van der Waals surface area contributed by atoms with Gasteiger partial charge in [0.2, 0.25) is 0 Å². The second-order valence-electron chi connectivity index (χ2n) is 7.76. The number of benzene rings is 1. The lowest BCUT2D eigenvalue weighted by atomic mass is 9.94. The molecule has 1 aromatic carbocycles. The molecule has 2 amide bonds. The molecule has 2 saturated heterocycles. The second kappa shape index (κ2) is 8.19. The van der Waals surface area contributed by atoms with E-state index >= 15 is 0 Å². The summed E-state index contributed by atoms with van der Waals surface area (Å²) in [6.07, 6.45) is 3.40. The Labute approximate surface area is 152 Å². The smallest absolute Gasteiger partial charge is 0.320 e. The Morgan fingerprint density at radius 2 is 1.72 bits per heavy atom. The molecular formula is C20H32N4O. The third kappa shape index (κ3) is 4.53. The van der Waals surface area contributed by atoms with Crippen LogP contribution >= 0.6 is 0 Å². The first kappa shape index (κ1) is 18.2. The first-order valence-electron chi connectivity index (χ1n) is 9.52. The van der Waals surface area contributed by atoms with Gasteiger partial charge in [0.25, 0.3) is 0 Å². The van der Waals surface area contributed by atoms with Gasteiger partial charge in [0, 0.05) is 39.3 Å². The number of rotatable bonds is 3. The number of likely N-dealkylation sites (N-methyl/N-ethyl adjacent to an activating group) is 1. The summed E-state index contributed by atoms with van der Waals surface area (Å²) < 4.78 is 0. The van der Waals surface area contributed by atoms with Gasteiger partial charge in [-0.1, -0.05) is 24.3 Å². The fourth-order valence-electron chi connectivity index (χ4n) is 3.90. The minimum Gasteiger partial charge on any atom is -0.322 e. The van der Waals surface area contributed by atoms with Crippen LogP contribution in [0.2, 0.25) is 0 Å². The normalized spacial score (nSPS) is 22.5. The molecule has 0 aliphatic carbocycles. The van der Waals surface area contributed by atoms with Crippen molar-refractivity contribution in [2.75, 3.05) is 53.9 Å². The van der Waals surface area contributed by atoms with Crippen LogP contribution in [-0.2, 0) is 6.54 Å². The Kier molecular flexibility index (Phi) is 5.97. The molecular weight excluding hydrogens is 312 g/mol. The fourth-order valence-corrected chi connectivity index (χ4v) is 3.90. The SMILES string of the molecule is CN(C)Cc1ccc([C@H]2CCCCN2C(=O)N2CCN(C)CC2)cc1. The molecule has 0 spiro atoms. The van der Waals surface area contributed by atoms with E-state index in [-0.39, 0.29) is 12.1 Å². The van der Waals surface area contributed by atoms with Crippen molar-refractivity contribution in [3.63, 3.8) is 0 Å². The Hall–Kier alpha value is -1.59. The summed E-state index contributed by atoms with van der Waals surface area (Å²) in [6, 6.07) is 9.33. The molecule has 138 valence electrons. The first-order chi connectivity index (χ1) is 12.0. The number of piperazine rings is 1. The number of carbonyl (C=O) groups excluding carboxylic acids is 1. The highest BCUT2D eigenvalue weighted by atomic mass is 16.2. The molecule has 0 bridgehead atoms. The van der Waals surface area contributed by atoms with E-state index in [1.165, 1.54) is 17.5 Å². The predicted molar refractivity (Wildman–Crippen MR) is 102 cm³/mol. The van der Waals surface area contributed by atoms with Crippen molar-refractivity contribution < 1.29 is 4.79 Å². The van der Waals surface area contributed by atoms with Crippen LogP contribution in [0.4, 0.5) is 4.79 Å². The summed E-state index contributed by atoms with van der Waals surface area (Å²) in [5, 5.41) is 0. The molecule has 2 aliphatic rings. The molecule has 25 heavy (non-hydrogen) atoms. The van der Waals surface area contributed by atoms with Gasteiger partial charge in [0.1, 0.15) is 0 Å². The van der Waals surface area contributed by atoms with E-state index in [9.17, 15) is 4.79 Å². The minimum absolute atomic E-state index is 0.231. The summed E-state index contributed by atoms with van der Waals surface area (Å²) >= 11 is 0. The number of carbonyl (C=O) groups is 1. The first-order valence-corrected chi connectivity index (χ1v) is 9.52. The Bertz CT molecular complexity index is 564. The average Bonchev–Trinajstić information content (AvgIpc) is 2.62. The van der Waals surface area contributed by atoms with Gasteiger partial charge in [-0.15, -0.1) is 0 Å². The van der Waals surface area contributed by atoms with Gasteiger partial charge >= 0.3 is 6.03 Å². The van der Waals surface area contributed by atoms with Gasteiger partial charge in [-0.25, -0.2) is 4.79 Å². The van der Waals surface area contributed by atoms with Crippen LogP contribution in [0.1, 0.15) is 36.4 Å². The van der Waals surface area contributed by atoms with Crippen molar-refractivity contribution in [3.05, 3.63) is 35.4 Å². The van der Waals surface area contributed by atoms with Gasteiger partial charge in [-0.2, -0.15) is 0 Å². The van der Waals surface area contributed by atoms with Gasteiger partial charge < -0.3 is 19.6 Å². The third-order valence-electron chi connectivity index (χ3n) is 5.39. The van der Waals surface area contributed by atoms with E-state index in [4.69, 9.17) is 0 Å². The van der Waals surface area contributed by atoms with Crippen LogP contribution in [-0.4, -0.2) is 79.5 Å². The van der Waals surface area contributed by atoms with Crippen LogP contribution in [0.5, 0.6) is 0 Å². The molecule has 0 unspecified atom stereocenters. The number of hydrogen-bond acceptors (Lipinski definition) is 3. The molecule has 2 fully saturated rings. The number of urea groups is 1. The highest BCUT2D eigenvalue weighted by molar-refractivity contribution is 5.75. The van der Waals surface area contributed by atoms with Crippen LogP contribution < -0.4 is 0 Å². The number of hydrogen-bond donors (Lipinski definition) is 0. The summed E-state index contributed by atoms with van der Waals surface area (Å²) in [5.41, 5.74) is 2.60. The molecule has 1 aromatic rings. The van der Waals surface area contributed by atoms with Crippen molar-refractivity contribution in [1.29, 1.82) is 0 Å². The van der Waals surface area contributed by atoms with Gasteiger partial charge in [0.15, 0.2) is 0 Å². The summed E-state index contributed by atoms with van der Waals surface area (Å²) in [7, 11) is 6.30. The van der Waals surface area contributed by atoms with E-state index in [2.05, 4.69) is 60.1 Å². The van der Waals surface area contributed by atoms with Crippen LogP contribution in [0.3, 0.4) is 0 Å². The lowest BCUT2D eigenvalue weighted by molar-refractivity contribution is 0.0950. The quantitative estimate of drug-likeness (QED) is 0.844. The molecule has 0 radical (unpaired) electrons. The number of likely N-dealkylation sites (tertiary alicyclic amines) is 1. The summed E-state index contributed by atoms with van der Waals surface area (Å²) in [5.74, 6) is 0. The summed E-state index contributed by atoms with van der Waals surface area (Å²) in [6.45, 7) is 5.48. The van der Waals surface area contributed by atoms with Crippen LogP contribution in [0.15, 0.2) is 24.3 Å². The van der Waals surface area contributed by atoms with E-state index in [1.54, 1.807) is 0 Å². The number of nitrogens with zero attached hydrogens (tertiary/aromatic N) is 4. The lowest BCUT2D eigenvalue weighted by Gasteiger charge is -2.41. The Morgan fingerprint density at radius 3 is 2.36 bits per heavy atom. The Balaban J connectivity index is 1.71. The zero-order chi connectivity index (χ0) is 17.8. The average molecular weight is 345 g/mol. The summed E-state index contributed by atoms with van der Waals surface area (Å²) in [4.78, 5) is 21.7. The molecule has 0 saturated carbocycles. The molecule has 2 aliphatic heterocycles. The largest absolute Gasteiger partial charge is 0.322 e. The maximum absolute atomic E-state index is 13.1. The monoisotopic (exact) mass is 344 g/mol. The maximum atomic E-state index is 13.1. The topological polar surface area (TPSA) is 30.0 Å². The molecule has 1 atom stereocenters. The second-order valence-corrected chi connectivity index (χ2v) is 7.76. The van der Waals surface area contributed by atoms with E-state index < -0.39 is 0 Å². The molecule has 5 heteroatoms. The maximum Gasteiger partial charge on any atom is 0.320 e. The fraction of sp³-hybridized carbons (Fsp3) is 0.650. The minimum atomic E-state index is 0.231. The Morgan fingerprint density at radius 1 is 1.04 bits per heavy atom. The van der Waals surface area contributed by atoms with Gasteiger partial charge in [-0.05, 0) is 51.5 Å². The standard InChI is InChI=1S/C20H32N4O/c1-21(2)16-17-7-9-18(10-8-17)19-6-4-5-11-24(19)20(25)23-14-12-22(3)13-15-23/h7-10,19H,4-6,11-16H2,1-3H3/t19-/m1/s1. The lowest BCUT2D eigenvalue weighted by Crippen LogP contribution is -2.53. The van der Waals surface area contributed by atoms with E-state index in [1.807, 2.05) is 4.90 Å². The predicted octanol–water partition coefficient (Wildman–Crippen LogP) is 2.64. The number of piperidine rings is 1. The molecule has 2 heterocycles. The highest BCUT2D eigenvalue weighted by Crippen LogP contribution is 2.32. The zero-order valence-electron chi connectivity index (χ0n) is 15.9. The van der Waals surface area contributed by atoms with E-state index in [0.717, 1.165) is 52.1 Å². The van der Waals surface area contributed by atoms with Crippen LogP contribution in [0, 0.1) is 0 Å². The van der Waals surface area contributed by atoms with Gasteiger partial charge in [0.05, 0.1) is 6.04 Å². The van der Waals surface area contributed by atoms with Crippen molar-refractivity contribution in [2.45, 2.75) is 31.8 Å². The van der Waals surface area contributed by atoms with Crippen molar-refractivity contribution in [1.82, 2.24) is 19.6 Å². The van der Waals surface area contributed by atoms with E-state index in [0.29, 0.717) is 0 Å². The molecule has 0 aromatic heterocycles. The molecule has 0 N–H and O–H groups in total. The zero-order valence-corrected chi connectivity index (χ0v) is 15.9. The van der Waals surface area contributed by atoms with Crippen molar-refractivity contribution >= 4 is 6.03 Å². The van der Waals surface area contributed by atoms with Crippen molar-refractivity contribution in [2.24, 2.45) is 0 Å². The highest BCUT2D eigenvalue weighted by Gasteiger charge is 2.31. The van der Waals surface area contributed by atoms with Gasteiger partial charge in [-0.3, -0.25) is 0 Å². The molecule has 5 nitrogen and oxygen atoms in total. The molecule has 3 rings (SSSR count). The third-order valence-corrected chi connectivity index (χ3v) is 5.39.